The summed E-state index contributed by atoms with van der Waals surface area (Å²) in [6.07, 6.45) is -10.1. The second kappa shape index (κ2) is 19.9. The Hall–Kier alpha value is -0.980. The van der Waals surface area contributed by atoms with Crippen LogP contribution in [0.1, 0.15) is 6.42 Å². The summed E-state index contributed by atoms with van der Waals surface area (Å²) in [6.45, 7) is 4.20. The Morgan fingerprint density at radius 1 is 0.525 bits per heavy atom. The van der Waals surface area contributed by atoms with Crippen molar-refractivity contribution in [2.24, 2.45) is 0 Å². The Labute approximate surface area is 352 Å². The van der Waals surface area contributed by atoms with Crippen molar-refractivity contribution < 1.29 is 102 Å². The number of ether oxygens (including phenoxy) is 2. The van der Waals surface area contributed by atoms with Gasteiger partial charge in [-0.1, -0.05) is 6.08 Å². The van der Waals surface area contributed by atoms with Crippen LogP contribution in [0.5, 0.6) is 0 Å². The second-order valence-corrected chi connectivity index (χ2v) is 19.8. The van der Waals surface area contributed by atoms with Gasteiger partial charge in [-0.05, 0) is 21.6 Å². The fourth-order valence-electron chi connectivity index (χ4n) is 4.42. The Balaban J connectivity index is 1.93. The number of rotatable bonds is 22. The summed E-state index contributed by atoms with van der Waals surface area (Å²) in [5.41, 5.74) is 0. The monoisotopic (exact) mass is 1040 g/mol. The Morgan fingerprint density at radius 3 is 1.21 bits per heavy atom. The molecule has 61 heavy (non-hydrogen) atoms. The lowest BCUT2D eigenvalue weighted by molar-refractivity contribution is -0.474. The van der Waals surface area contributed by atoms with Gasteiger partial charge in [0.2, 0.25) is 16.3 Å². The molecular formula is C26H25F21N6O2S6. The lowest BCUT2D eigenvalue weighted by Gasteiger charge is -2.44. The van der Waals surface area contributed by atoms with Gasteiger partial charge in [-0.25, -0.2) is 8.61 Å². The highest BCUT2D eigenvalue weighted by Crippen LogP contribution is 2.66. The van der Waals surface area contributed by atoms with Gasteiger partial charge in [0.25, 0.3) is 0 Å². The Bertz CT molecular complexity index is 1580. The molecule has 2 fully saturated rings. The first-order chi connectivity index (χ1) is 27.7. The van der Waals surface area contributed by atoms with Gasteiger partial charge in [-0.2, -0.15) is 107 Å². The SMILES string of the molecule is C=CCN(CCC(F)(F)C(F)(F)C(F)(F)C(F)(F)C(F)(F)C(F)(F)C(F)(F)C(F)(F)C(F)(F)C(F)(F)F)c1nc(SSSN2CCOCC2)nc(SSSN2CCOCC2)n1. The molecule has 354 valence electrons. The van der Waals surface area contributed by atoms with Crippen molar-refractivity contribution >= 4 is 69.1 Å². The minimum Gasteiger partial charge on any atom is -0.379 e. The molecule has 0 unspecified atom stereocenters. The molecule has 0 spiro atoms. The molecule has 3 heterocycles. The normalized spacial score (nSPS) is 18.1. The van der Waals surface area contributed by atoms with Crippen molar-refractivity contribution in [1.82, 2.24) is 23.6 Å². The summed E-state index contributed by atoms with van der Waals surface area (Å²) < 4.78 is 306. The van der Waals surface area contributed by atoms with E-state index in [9.17, 15) is 92.2 Å². The second-order valence-electron chi connectivity index (χ2n) is 12.0. The average molecular weight is 1040 g/mol. The first-order valence-electron chi connectivity index (χ1n) is 15.9. The predicted molar refractivity (Wildman–Crippen MR) is 184 cm³/mol. The molecule has 2 aliphatic heterocycles. The highest BCUT2D eigenvalue weighted by molar-refractivity contribution is 9.09. The third-order valence-corrected chi connectivity index (χ3v) is 15.2. The number of halogens is 21. The first-order valence-corrected chi connectivity index (χ1v) is 22.8. The van der Waals surface area contributed by atoms with Crippen LogP contribution in [0.15, 0.2) is 23.0 Å². The molecule has 0 saturated carbocycles. The minimum absolute atomic E-state index is 0.203. The van der Waals surface area contributed by atoms with Crippen LogP contribution in [0, 0.1) is 0 Å². The topological polar surface area (TPSA) is 66.9 Å². The summed E-state index contributed by atoms with van der Waals surface area (Å²) in [5, 5.41) is -0.405. The molecule has 0 bridgehead atoms. The molecule has 0 aliphatic carbocycles. The highest BCUT2D eigenvalue weighted by Gasteiger charge is 2.97. The van der Waals surface area contributed by atoms with Crippen LogP contribution in [0.3, 0.4) is 0 Å². The number of morpholine rings is 2. The van der Waals surface area contributed by atoms with Crippen molar-refractivity contribution in [1.29, 1.82) is 0 Å². The molecule has 3 rings (SSSR count). The number of hydrogen-bond donors (Lipinski definition) is 0. The van der Waals surface area contributed by atoms with Gasteiger partial charge in [0.05, 0.1) is 26.4 Å². The van der Waals surface area contributed by atoms with E-state index in [1.54, 1.807) is 0 Å². The van der Waals surface area contributed by atoms with E-state index in [1.165, 1.54) is 22.0 Å². The van der Waals surface area contributed by atoms with Gasteiger partial charge in [-0.3, -0.25) is 0 Å². The third-order valence-electron chi connectivity index (χ3n) is 7.92. The maximum atomic E-state index is 14.9. The predicted octanol–water partition coefficient (Wildman–Crippen LogP) is 10.8. The van der Waals surface area contributed by atoms with Crippen LogP contribution in [0.4, 0.5) is 98.1 Å². The number of aromatic nitrogens is 3. The lowest BCUT2D eigenvalue weighted by Crippen LogP contribution is -2.76. The fraction of sp³-hybridized carbons (Fsp3) is 0.808. The van der Waals surface area contributed by atoms with Gasteiger partial charge < -0.3 is 14.4 Å². The third kappa shape index (κ3) is 10.8. The first kappa shape index (κ1) is 54.4. The fourth-order valence-corrected chi connectivity index (χ4v) is 11.5. The zero-order valence-electron chi connectivity index (χ0n) is 29.4. The van der Waals surface area contributed by atoms with Crippen molar-refractivity contribution in [3.05, 3.63) is 12.7 Å². The smallest absolute Gasteiger partial charge is 0.379 e. The molecule has 1 aromatic rings. The molecule has 1 aromatic heterocycles. The summed E-state index contributed by atoms with van der Waals surface area (Å²) in [5.74, 6) is -78.3. The van der Waals surface area contributed by atoms with Crippen molar-refractivity contribution in [3.8, 4) is 0 Å². The number of hydrogen-bond acceptors (Lipinski definition) is 14. The molecule has 0 aromatic carbocycles. The molecule has 0 N–H and O–H groups in total. The standard InChI is InChI=1S/C26H25F21N6O2S6/c1-2-4-51(14-48-15(56-60-58-52-6-10-54-11-7-52)50-16(49-14)57-61-59-53-8-12-55-13-9-53)5-3-17(27,28)18(29,30)19(31,32)20(33,34)21(35,36)22(37,38)23(39,40)24(41,42)25(43,44)26(45,46)47/h2H,1,3-13H2. The van der Waals surface area contributed by atoms with E-state index in [4.69, 9.17) is 9.47 Å². The molecule has 0 radical (unpaired) electrons. The largest absolute Gasteiger partial charge is 0.460 e. The van der Waals surface area contributed by atoms with Crippen LogP contribution in [-0.4, -0.2) is 149 Å². The van der Waals surface area contributed by atoms with Crippen molar-refractivity contribution in [2.45, 2.75) is 76.2 Å². The summed E-state index contributed by atoms with van der Waals surface area (Å²) >= 11 is 0. The zero-order chi connectivity index (χ0) is 46.7. The van der Waals surface area contributed by atoms with E-state index < -0.39 is 84.9 Å². The van der Waals surface area contributed by atoms with Crippen LogP contribution < -0.4 is 4.90 Å². The molecule has 0 amide bonds. The van der Waals surface area contributed by atoms with E-state index in [-0.39, 0.29) is 10.3 Å². The van der Waals surface area contributed by atoms with Crippen LogP contribution in [0.2, 0.25) is 0 Å². The molecular weight excluding hydrogens is 1020 g/mol. The molecule has 2 saturated heterocycles. The lowest BCUT2D eigenvalue weighted by atomic mass is 9.86. The Morgan fingerprint density at radius 2 is 0.869 bits per heavy atom. The molecule has 0 atom stereocenters. The average Bonchev–Trinajstić information content (AvgIpc) is 3.16. The van der Waals surface area contributed by atoms with Crippen LogP contribution in [0.25, 0.3) is 0 Å². The number of alkyl halides is 21. The van der Waals surface area contributed by atoms with Gasteiger partial charge in [-0.15, -0.1) is 6.58 Å². The number of nitrogens with zero attached hydrogens (tertiary/aromatic N) is 6. The van der Waals surface area contributed by atoms with Crippen LogP contribution >= 0.6 is 63.2 Å². The number of anilines is 1. The van der Waals surface area contributed by atoms with E-state index in [0.29, 0.717) is 57.5 Å². The van der Waals surface area contributed by atoms with E-state index in [2.05, 4.69) is 21.5 Å². The van der Waals surface area contributed by atoms with Gasteiger partial charge >= 0.3 is 59.5 Å². The zero-order valence-corrected chi connectivity index (χ0v) is 34.3. The maximum absolute atomic E-state index is 14.9. The Kier molecular flexibility index (Phi) is 17.7. The molecule has 35 heteroatoms. The van der Waals surface area contributed by atoms with Gasteiger partial charge in [0.15, 0.2) is 0 Å². The minimum atomic E-state index is -9.24. The summed E-state index contributed by atoms with van der Waals surface area (Å²) in [7, 11) is 6.11. The van der Waals surface area contributed by atoms with Gasteiger partial charge in [0.1, 0.15) is 0 Å². The van der Waals surface area contributed by atoms with E-state index >= 15 is 0 Å². The molecule has 8 nitrogen and oxygen atoms in total. The highest BCUT2D eigenvalue weighted by atomic mass is 33.5. The van der Waals surface area contributed by atoms with Gasteiger partial charge in [0, 0.05) is 87.3 Å². The van der Waals surface area contributed by atoms with Crippen LogP contribution in [-0.2, 0) is 9.47 Å². The van der Waals surface area contributed by atoms with Crippen molar-refractivity contribution in [3.63, 3.8) is 0 Å². The van der Waals surface area contributed by atoms with E-state index in [0.717, 1.165) is 47.3 Å². The molecule has 2 aliphatic rings. The van der Waals surface area contributed by atoms with E-state index in [1.807, 2.05) is 8.61 Å². The quantitative estimate of drug-likeness (QED) is 0.0479. The van der Waals surface area contributed by atoms with Crippen molar-refractivity contribution in [2.75, 3.05) is 70.6 Å². The summed E-state index contributed by atoms with van der Waals surface area (Å²) in [6, 6.07) is 0. The summed E-state index contributed by atoms with van der Waals surface area (Å²) in [4.78, 5) is 12.5. The maximum Gasteiger partial charge on any atom is 0.460 e.